The van der Waals surface area contributed by atoms with Crippen molar-refractivity contribution in [2.75, 3.05) is 13.7 Å². The predicted molar refractivity (Wildman–Crippen MR) is 70.2 cm³/mol. The van der Waals surface area contributed by atoms with E-state index in [1.807, 2.05) is 31.2 Å². The monoisotopic (exact) mass is 248 g/mol. The van der Waals surface area contributed by atoms with E-state index in [4.69, 9.17) is 10.5 Å². The van der Waals surface area contributed by atoms with Gasteiger partial charge in [0.2, 0.25) is 5.91 Å². The second-order valence-corrected chi connectivity index (χ2v) is 4.86. The highest BCUT2D eigenvalue weighted by Crippen LogP contribution is 2.34. The van der Waals surface area contributed by atoms with Gasteiger partial charge in [0, 0.05) is 19.2 Å². The van der Waals surface area contributed by atoms with Gasteiger partial charge in [-0.1, -0.05) is 18.2 Å². The van der Waals surface area contributed by atoms with Crippen LogP contribution in [0.1, 0.15) is 25.3 Å². The zero-order valence-corrected chi connectivity index (χ0v) is 11.0. The Balaban J connectivity index is 2.06. The minimum atomic E-state index is -0.602. The van der Waals surface area contributed by atoms with Gasteiger partial charge in [-0.3, -0.25) is 4.79 Å². The van der Waals surface area contributed by atoms with Crippen LogP contribution in [0, 0.1) is 0 Å². The number of hydrogen-bond acceptors (Lipinski definition) is 3. The first-order valence-corrected chi connectivity index (χ1v) is 6.32. The minimum absolute atomic E-state index is 0.0220. The third-order valence-electron chi connectivity index (χ3n) is 3.24. The van der Waals surface area contributed by atoms with E-state index in [2.05, 4.69) is 0 Å². The lowest BCUT2D eigenvalue weighted by Gasteiger charge is -2.22. The van der Waals surface area contributed by atoms with Crippen LogP contribution >= 0.6 is 0 Å². The van der Waals surface area contributed by atoms with Gasteiger partial charge in [0.15, 0.2) is 0 Å². The fourth-order valence-electron chi connectivity index (χ4n) is 1.99. The van der Waals surface area contributed by atoms with Crippen molar-refractivity contribution in [1.29, 1.82) is 0 Å². The Labute approximate surface area is 108 Å². The van der Waals surface area contributed by atoms with Crippen LogP contribution in [0.4, 0.5) is 0 Å². The molecule has 2 N–H and O–H groups in total. The molecular formula is C14H20N2O2. The maximum Gasteiger partial charge on any atom is 0.242 e. The average Bonchev–Trinajstić information content (AvgIpc) is 3.10. The molecule has 98 valence electrons. The Kier molecular flexibility index (Phi) is 3.57. The first kappa shape index (κ1) is 12.9. The lowest BCUT2D eigenvalue weighted by atomic mass is 10.1. The zero-order chi connectivity index (χ0) is 13.2. The molecule has 2 rings (SSSR count). The molecule has 1 fully saturated rings. The molecule has 0 heterocycles. The van der Waals surface area contributed by atoms with E-state index in [0.29, 0.717) is 13.2 Å². The Morgan fingerprint density at radius 1 is 1.44 bits per heavy atom. The molecule has 0 radical (unpaired) electrons. The number of benzene rings is 1. The second-order valence-electron chi connectivity index (χ2n) is 4.86. The predicted octanol–water partition coefficient (Wildman–Crippen LogP) is 1.53. The summed E-state index contributed by atoms with van der Waals surface area (Å²) in [4.78, 5) is 13.7. The fraction of sp³-hybridized carbons (Fsp3) is 0.500. The van der Waals surface area contributed by atoms with E-state index >= 15 is 0 Å². The quantitative estimate of drug-likeness (QED) is 0.860. The highest BCUT2D eigenvalue weighted by Gasteiger charge is 2.47. The number of amides is 1. The van der Waals surface area contributed by atoms with E-state index in [0.717, 1.165) is 24.2 Å². The largest absolute Gasteiger partial charge is 0.494 e. The molecule has 0 unspecified atom stereocenters. The summed E-state index contributed by atoms with van der Waals surface area (Å²) in [5.74, 6) is 0.857. The third-order valence-corrected chi connectivity index (χ3v) is 3.24. The van der Waals surface area contributed by atoms with Gasteiger partial charge in [-0.05, 0) is 25.8 Å². The van der Waals surface area contributed by atoms with Gasteiger partial charge < -0.3 is 15.4 Å². The van der Waals surface area contributed by atoms with Crippen LogP contribution < -0.4 is 10.5 Å². The third kappa shape index (κ3) is 2.64. The SMILES string of the molecule is CCOc1ccccc1CN(C)C(=O)C1(N)CC1. The summed E-state index contributed by atoms with van der Waals surface area (Å²) in [6, 6.07) is 7.78. The van der Waals surface area contributed by atoms with Crippen LogP contribution in [0.5, 0.6) is 5.75 Å². The van der Waals surface area contributed by atoms with Gasteiger partial charge >= 0.3 is 0 Å². The standard InChI is InChI=1S/C14H20N2O2/c1-3-18-12-7-5-4-6-11(12)10-16(2)13(17)14(15)8-9-14/h4-7H,3,8-10,15H2,1-2H3. The molecule has 0 bridgehead atoms. The smallest absolute Gasteiger partial charge is 0.242 e. The second kappa shape index (κ2) is 4.98. The summed E-state index contributed by atoms with van der Waals surface area (Å²) in [6.45, 7) is 3.11. The van der Waals surface area contributed by atoms with Gasteiger partial charge in [0.1, 0.15) is 5.75 Å². The molecule has 0 aromatic heterocycles. The van der Waals surface area contributed by atoms with Crippen LogP contribution in [-0.2, 0) is 11.3 Å². The van der Waals surface area contributed by atoms with Crippen molar-refractivity contribution in [3.63, 3.8) is 0 Å². The summed E-state index contributed by atoms with van der Waals surface area (Å²) in [5, 5.41) is 0. The first-order chi connectivity index (χ1) is 8.57. The van der Waals surface area contributed by atoms with E-state index in [9.17, 15) is 4.79 Å². The highest BCUT2D eigenvalue weighted by atomic mass is 16.5. The summed E-state index contributed by atoms with van der Waals surface area (Å²) >= 11 is 0. The lowest BCUT2D eigenvalue weighted by Crippen LogP contribution is -2.43. The summed E-state index contributed by atoms with van der Waals surface area (Å²) in [6.07, 6.45) is 1.59. The molecule has 1 aromatic rings. The molecule has 0 atom stereocenters. The van der Waals surface area contributed by atoms with Crippen LogP contribution in [-0.4, -0.2) is 30.0 Å². The van der Waals surface area contributed by atoms with Gasteiger partial charge in [-0.25, -0.2) is 0 Å². The number of para-hydroxylation sites is 1. The first-order valence-electron chi connectivity index (χ1n) is 6.32. The van der Waals surface area contributed by atoms with Gasteiger partial charge in [0.25, 0.3) is 0 Å². The Morgan fingerprint density at radius 2 is 2.11 bits per heavy atom. The van der Waals surface area contributed by atoms with Crippen molar-refractivity contribution in [3.05, 3.63) is 29.8 Å². The number of nitrogens with zero attached hydrogens (tertiary/aromatic N) is 1. The number of hydrogen-bond donors (Lipinski definition) is 1. The molecule has 1 aliphatic carbocycles. The fourth-order valence-corrected chi connectivity index (χ4v) is 1.99. The number of carbonyl (C=O) groups is 1. The molecule has 0 aliphatic heterocycles. The summed E-state index contributed by atoms with van der Waals surface area (Å²) < 4.78 is 5.55. The number of rotatable bonds is 5. The van der Waals surface area contributed by atoms with Crippen LogP contribution in [0.3, 0.4) is 0 Å². The van der Waals surface area contributed by atoms with E-state index in [1.165, 1.54) is 0 Å². The molecule has 0 saturated heterocycles. The van der Waals surface area contributed by atoms with Crippen molar-refractivity contribution in [3.8, 4) is 5.75 Å². The molecule has 0 spiro atoms. The van der Waals surface area contributed by atoms with Gasteiger partial charge in [-0.2, -0.15) is 0 Å². The molecule has 4 heteroatoms. The summed E-state index contributed by atoms with van der Waals surface area (Å²) in [5.41, 5.74) is 6.33. The molecular weight excluding hydrogens is 228 g/mol. The van der Waals surface area contributed by atoms with Crippen molar-refractivity contribution in [1.82, 2.24) is 4.90 Å². The van der Waals surface area contributed by atoms with Gasteiger partial charge in [-0.15, -0.1) is 0 Å². The maximum absolute atomic E-state index is 12.1. The average molecular weight is 248 g/mol. The van der Waals surface area contributed by atoms with Crippen LogP contribution in [0.2, 0.25) is 0 Å². The number of ether oxygens (including phenoxy) is 1. The molecule has 1 aliphatic rings. The number of likely N-dealkylation sites (N-methyl/N-ethyl adjacent to an activating group) is 1. The lowest BCUT2D eigenvalue weighted by molar-refractivity contribution is -0.132. The Bertz CT molecular complexity index is 441. The normalized spacial score (nSPS) is 16.2. The van der Waals surface area contributed by atoms with E-state index in [-0.39, 0.29) is 5.91 Å². The Morgan fingerprint density at radius 3 is 2.72 bits per heavy atom. The number of carbonyl (C=O) groups excluding carboxylic acids is 1. The topological polar surface area (TPSA) is 55.6 Å². The van der Waals surface area contributed by atoms with Crippen LogP contribution in [0.25, 0.3) is 0 Å². The summed E-state index contributed by atoms with van der Waals surface area (Å²) in [7, 11) is 1.79. The van der Waals surface area contributed by atoms with Crippen molar-refractivity contribution >= 4 is 5.91 Å². The zero-order valence-electron chi connectivity index (χ0n) is 11.0. The van der Waals surface area contributed by atoms with Crippen molar-refractivity contribution < 1.29 is 9.53 Å². The molecule has 18 heavy (non-hydrogen) atoms. The molecule has 1 saturated carbocycles. The van der Waals surface area contributed by atoms with E-state index < -0.39 is 5.54 Å². The van der Waals surface area contributed by atoms with Crippen LogP contribution in [0.15, 0.2) is 24.3 Å². The minimum Gasteiger partial charge on any atom is -0.494 e. The van der Waals surface area contributed by atoms with Gasteiger partial charge in [0.05, 0.1) is 12.1 Å². The highest BCUT2D eigenvalue weighted by molar-refractivity contribution is 5.88. The molecule has 1 amide bonds. The van der Waals surface area contributed by atoms with Crippen molar-refractivity contribution in [2.24, 2.45) is 5.73 Å². The maximum atomic E-state index is 12.1. The Hall–Kier alpha value is -1.55. The molecule has 1 aromatic carbocycles. The number of nitrogens with two attached hydrogens (primary N) is 1. The molecule has 4 nitrogen and oxygen atoms in total. The van der Waals surface area contributed by atoms with E-state index in [1.54, 1.807) is 11.9 Å². The van der Waals surface area contributed by atoms with Crippen molar-refractivity contribution in [2.45, 2.75) is 31.8 Å².